The van der Waals surface area contributed by atoms with Gasteiger partial charge in [-0.3, -0.25) is 9.59 Å². The molecule has 0 aliphatic rings. The molecule has 3 aromatic rings. The van der Waals surface area contributed by atoms with Gasteiger partial charge in [0.15, 0.2) is 5.78 Å². The standard InChI is InChI=1S/C20H16O2/c1-14(21)12-20(22)19-9-5-4-8-18(19)17-11-10-15-6-2-3-7-16(15)13-17/h2-11,13H,12H2,1H3. The number of rotatable bonds is 4. The van der Waals surface area contributed by atoms with Gasteiger partial charge in [0, 0.05) is 5.56 Å². The fourth-order valence-electron chi connectivity index (χ4n) is 2.66. The topological polar surface area (TPSA) is 34.1 Å². The van der Waals surface area contributed by atoms with E-state index in [1.54, 1.807) is 6.07 Å². The molecule has 0 N–H and O–H groups in total. The van der Waals surface area contributed by atoms with Gasteiger partial charge >= 0.3 is 0 Å². The average molecular weight is 288 g/mol. The summed E-state index contributed by atoms with van der Waals surface area (Å²) in [6, 6.07) is 21.7. The van der Waals surface area contributed by atoms with Crippen molar-refractivity contribution in [1.82, 2.24) is 0 Å². The van der Waals surface area contributed by atoms with Crippen LogP contribution < -0.4 is 0 Å². The fourth-order valence-corrected chi connectivity index (χ4v) is 2.66. The second kappa shape index (κ2) is 5.94. The average Bonchev–Trinajstić information content (AvgIpc) is 2.54. The van der Waals surface area contributed by atoms with Crippen molar-refractivity contribution in [3.8, 4) is 11.1 Å². The predicted molar refractivity (Wildman–Crippen MR) is 89.0 cm³/mol. The molecule has 0 amide bonds. The third-order valence-corrected chi connectivity index (χ3v) is 3.70. The highest BCUT2D eigenvalue weighted by Crippen LogP contribution is 2.28. The van der Waals surface area contributed by atoms with Crippen molar-refractivity contribution in [3.05, 3.63) is 72.3 Å². The van der Waals surface area contributed by atoms with E-state index in [0.717, 1.165) is 16.5 Å². The van der Waals surface area contributed by atoms with Crippen molar-refractivity contribution in [2.75, 3.05) is 0 Å². The lowest BCUT2D eigenvalue weighted by molar-refractivity contribution is -0.116. The highest BCUT2D eigenvalue weighted by molar-refractivity contribution is 6.11. The first-order valence-corrected chi connectivity index (χ1v) is 7.26. The van der Waals surface area contributed by atoms with Crippen LogP contribution in [-0.4, -0.2) is 11.6 Å². The zero-order chi connectivity index (χ0) is 15.5. The Labute approximate surface area is 129 Å². The maximum absolute atomic E-state index is 12.3. The number of Topliss-reactive ketones (excluding diaryl/α,β-unsaturated/α-hetero) is 2. The van der Waals surface area contributed by atoms with Crippen molar-refractivity contribution in [2.24, 2.45) is 0 Å². The molecule has 0 spiro atoms. The van der Waals surface area contributed by atoms with Crippen LogP contribution in [0.2, 0.25) is 0 Å². The lowest BCUT2D eigenvalue weighted by Crippen LogP contribution is -2.06. The Bertz CT molecular complexity index is 862. The van der Waals surface area contributed by atoms with Gasteiger partial charge in [0.05, 0.1) is 6.42 Å². The molecular weight excluding hydrogens is 272 g/mol. The van der Waals surface area contributed by atoms with E-state index in [0.29, 0.717) is 5.56 Å². The normalized spacial score (nSPS) is 10.6. The van der Waals surface area contributed by atoms with Gasteiger partial charge in [0.1, 0.15) is 5.78 Å². The van der Waals surface area contributed by atoms with Crippen LogP contribution >= 0.6 is 0 Å². The summed E-state index contributed by atoms with van der Waals surface area (Å²) in [5.74, 6) is -0.241. The van der Waals surface area contributed by atoms with Gasteiger partial charge in [-0.1, -0.05) is 60.7 Å². The molecule has 3 aromatic carbocycles. The van der Waals surface area contributed by atoms with Crippen molar-refractivity contribution < 1.29 is 9.59 Å². The van der Waals surface area contributed by atoms with Gasteiger partial charge in [0.2, 0.25) is 0 Å². The monoisotopic (exact) mass is 288 g/mol. The molecule has 0 unspecified atom stereocenters. The zero-order valence-corrected chi connectivity index (χ0v) is 12.4. The molecule has 108 valence electrons. The van der Waals surface area contributed by atoms with Gasteiger partial charge in [-0.15, -0.1) is 0 Å². The summed E-state index contributed by atoms with van der Waals surface area (Å²) in [4.78, 5) is 23.5. The predicted octanol–water partition coefficient (Wildman–Crippen LogP) is 4.67. The van der Waals surface area contributed by atoms with Gasteiger partial charge in [-0.2, -0.15) is 0 Å². The second-order valence-electron chi connectivity index (χ2n) is 5.41. The highest BCUT2D eigenvalue weighted by Gasteiger charge is 2.14. The first-order valence-electron chi connectivity index (χ1n) is 7.26. The number of ketones is 2. The maximum atomic E-state index is 12.3. The molecule has 2 nitrogen and oxygen atoms in total. The Balaban J connectivity index is 2.10. The summed E-state index contributed by atoms with van der Waals surface area (Å²) in [5, 5.41) is 2.30. The Morgan fingerprint density at radius 2 is 1.50 bits per heavy atom. The van der Waals surface area contributed by atoms with E-state index >= 15 is 0 Å². The van der Waals surface area contributed by atoms with Gasteiger partial charge in [0.25, 0.3) is 0 Å². The van der Waals surface area contributed by atoms with Crippen LogP contribution in [0.15, 0.2) is 66.7 Å². The van der Waals surface area contributed by atoms with E-state index in [1.165, 1.54) is 12.3 Å². The van der Waals surface area contributed by atoms with Crippen LogP contribution in [0.5, 0.6) is 0 Å². The van der Waals surface area contributed by atoms with Gasteiger partial charge < -0.3 is 0 Å². The molecule has 0 atom stereocenters. The number of carbonyl (C=O) groups is 2. The lowest BCUT2D eigenvalue weighted by atomic mass is 9.94. The summed E-state index contributed by atoms with van der Waals surface area (Å²) in [6.45, 7) is 1.44. The Kier molecular flexibility index (Phi) is 3.84. The Hall–Kier alpha value is -2.74. The number of carbonyl (C=O) groups excluding carboxylic acids is 2. The minimum absolute atomic E-state index is 0.0510. The van der Waals surface area contributed by atoms with Crippen molar-refractivity contribution in [2.45, 2.75) is 13.3 Å². The summed E-state index contributed by atoms with van der Waals surface area (Å²) in [5.41, 5.74) is 2.47. The smallest absolute Gasteiger partial charge is 0.170 e. The molecule has 0 bridgehead atoms. The van der Waals surface area contributed by atoms with Crippen LogP contribution in [0.4, 0.5) is 0 Å². The van der Waals surface area contributed by atoms with Crippen LogP contribution in [0.1, 0.15) is 23.7 Å². The van der Waals surface area contributed by atoms with E-state index in [2.05, 4.69) is 24.3 Å². The largest absolute Gasteiger partial charge is 0.300 e. The van der Waals surface area contributed by atoms with Crippen molar-refractivity contribution in [3.63, 3.8) is 0 Å². The molecule has 0 saturated carbocycles. The fraction of sp³-hybridized carbons (Fsp3) is 0.100. The summed E-state index contributed by atoms with van der Waals surface area (Å²) >= 11 is 0. The molecule has 0 fully saturated rings. The van der Waals surface area contributed by atoms with Crippen LogP contribution in [0, 0.1) is 0 Å². The number of hydrogen-bond donors (Lipinski definition) is 0. The Morgan fingerprint density at radius 3 is 2.27 bits per heavy atom. The number of benzene rings is 3. The molecule has 0 saturated heterocycles. The van der Waals surface area contributed by atoms with Gasteiger partial charge in [-0.05, 0) is 34.9 Å². The summed E-state index contributed by atoms with van der Waals surface area (Å²) in [6.07, 6.45) is -0.0510. The molecule has 22 heavy (non-hydrogen) atoms. The van der Waals surface area contributed by atoms with E-state index in [9.17, 15) is 9.59 Å². The van der Waals surface area contributed by atoms with E-state index in [1.807, 2.05) is 36.4 Å². The molecule has 0 aliphatic carbocycles. The second-order valence-corrected chi connectivity index (χ2v) is 5.41. The molecule has 2 heteroatoms. The maximum Gasteiger partial charge on any atom is 0.170 e. The lowest BCUT2D eigenvalue weighted by Gasteiger charge is -2.09. The minimum atomic E-state index is -0.128. The van der Waals surface area contributed by atoms with Crippen LogP contribution in [0.25, 0.3) is 21.9 Å². The molecule has 3 rings (SSSR count). The van der Waals surface area contributed by atoms with E-state index in [-0.39, 0.29) is 18.0 Å². The highest BCUT2D eigenvalue weighted by atomic mass is 16.1. The molecule has 0 aromatic heterocycles. The third-order valence-electron chi connectivity index (χ3n) is 3.70. The summed E-state index contributed by atoms with van der Waals surface area (Å²) < 4.78 is 0. The zero-order valence-electron chi connectivity index (χ0n) is 12.4. The summed E-state index contributed by atoms with van der Waals surface area (Å²) in [7, 11) is 0. The van der Waals surface area contributed by atoms with Crippen molar-refractivity contribution in [1.29, 1.82) is 0 Å². The molecular formula is C20H16O2. The quantitative estimate of drug-likeness (QED) is 0.516. The SMILES string of the molecule is CC(=O)CC(=O)c1ccccc1-c1ccc2ccccc2c1. The minimum Gasteiger partial charge on any atom is -0.300 e. The van der Waals surface area contributed by atoms with E-state index < -0.39 is 0 Å². The molecule has 0 radical (unpaired) electrons. The molecule has 0 aliphatic heterocycles. The van der Waals surface area contributed by atoms with Crippen molar-refractivity contribution >= 4 is 22.3 Å². The third kappa shape index (κ3) is 2.82. The molecule has 0 heterocycles. The van der Waals surface area contributed by atoms with Gasteiger partial charge in [-0.25, -0.2) is 0 Å². The first kappa shape index (κ1) is 14.2. The van der Waals surface area contributed by atoms with E-state index in [4.69, 9.17) is 0 Å². The number of fused-ring (bicyclic) bond motifs is 1. The van der Waals surface area contributed by atoms with Crippen LogP contribution in [-0.2, 0) is 4.79 Å². The van der Waals surface area contributed by atoms with Crippen LogP contribution in [0.3, 0.4) is 0 Å². The number of hydrogen-bond acceptors (Lipinski definition) is 2. The first-order chi connectivity index (χ1) is 10.6. The Morgan fingerprint density at radius 1 is 0.818 bits per heavy atom.